The van der Waals surface area contributed by atoms with Crippen LogP contribution in [0.2, 0.25) is 0 Å². The van der Waals surface area contributed by atoms with Gasteiger partial charge in [-0.1, -0.05) is 5.92 Å². The molecule has 0 aliphatic carbocycles. The van der Waals surface area contributed by atoms with Gasteiger partial charge in [-0.2, -0.15) is 0 Å². The number of aromatic hydroxyl groups is 1. The molecule has 0 saturated heterocycles. The van der Waals surface area contributed by atoms with Crippen LogP contribution >= 0.6 is 0 Å². The van der Waals surface area contributed by atoms with Crippen molar-refractivity contribution in [1.29, 1.82) is 0 Å². The summed E-state index contributed by atoms with van der Waals surface area (Å²) in [7, 11) is 1.60. The normalized spacial score (nSPS) is 12.9. The molecule has 0 spiro atoms. The highest BCUT2D eigenvalue weighted by atomic mass is 16.5. The monoisotopic (exact) mass is 233 g/mol. The molecule has 0 heterocycles. The zero-order valence-corrected chi connectivity index (χ0v) is 10.7. The zero-order valence-electron chi connectivity index (χ0n) is 10.7. The molecule has 1 aromatic carbocycles. The molecular weight excluding hydrogens is 214 g/mol. The van der Waals surface area contributed by atoms with E-state index in [-0.39, 0.29) is 11.8 Å². The fourth-order valence-corrected chi connectivity index (χ4v) is 1.67. The molecule has 0 saturated carbocycles. The van der Waals surface area contributed by atoms with Crippen molar-refractivity contribution in [1.82, 2.24) is 5.32 Å². The molecule has 0 amide bonds. The fraction of sp³-hybridized carbons (Fsp3) is 0.429. The second kappa shape index (κ2) is 5.11. The van der Waals surface area contributed by atoms with Crippen LogP contribution < -0.4 is 10.1 Å². The minimum Gasteiger partial charge on any atom is -0.508 e. The molecular formula is C14H19NO2. The highest BCUT2D eigenvalue weighted by Gasteiger charge is 2.20. The van der Waals surface area contributed by atoms with Crippen molar-refractivity contribution in [3.63, 3.8) is 0 Å². The Hall–Kier alpha value is -1.66. The van der Waals surface area contributed by atoms with E-state index in [9.17, 15) is 5.11 Å². The van der Waals surface area contributed by atoms with E-state index in [1.807, 2.05) is 20.8 Å². The number of benzene rings is 1. The summed E-state index contributed by atoms with van der Waals surface area (Å²) in [6.07, 6.45) is 5.43. The number of phenols is 1. The van der Waals surface area contributed by atoms with Gasteiger partial charge in [-0.3, -0.25) is 5.32 Å². The predicted molar refractivity (Wildman–Crippen MR) is 69.1 cm³/mol. The van der Waals surface area contributed by atoms with E-state index in [0.717, 1.165) is 5.56 Å². The maximum Gasteiger partial charge on any atom is 0.120 e. The van der Waals surface area contributed by atoms with Crippen LogP contribution in [-0.4, -0.2) is 17.8 Å². The minimum absolute atomic E-state index is 0.0591. The van der Waals surface area contributed by atoms with Crippen LogP contribution in [0.4, 0.5) is 0 Å². The van der Waals surface area contributed by atoms with Gasteiger partial charge >= 0.3 is 0 Å². The molecule has 0 aliphatic rings. The molecule has 0 aromatic heterocycles. The summed E-state index contributed by atoms with van der Waals surface area (Å²) < 4.78 is 5.14. The SMILES string of the molecule is C#CC(C)(C)NC(C)c1cc(OC)ccc1O. The standard InChI is InChI=1S/C14H19NO2/c1-6-14(3,4)15-10(2)12-9-11(17-5)7-8-13(12)16/h1,7-10,15-16H,2-5H3. The van der Waals surface area contributed by atoms with Gasteiger partial charge in [0.1, 0.15) is 11.5 Å². The van der Waals surface area contributed by atoms with Crippen molar-refractivity contribution < 1.29 is 9.84 Å². The molecule has 3 heteroatoms. The lowest BCUT2D eigenvalue weighted by Gasteiger charge is -2.26. The molecule has 3 nitrogen and oxygen atoms in total. The third-order valence-corrected chi connectivity index (χ3v) is 2.64. The lowest BCUT2D eigenvalue weighted by Crippen LogP contribution is -2.39. The Balaban J connectivity index is 2.96. The first kappa shape index (κ1) is 13.4. The van der Waals surface area contributed by atoms with E-state index in [4.69, 9.17) is 11.2 Å². The number of terminal acetylenes is 1. The quantitative estimate of drug-likeness (QED) is 0.785. The van der Waals surface area contributed by atoms with Gasteiger partial charge in [0.15, 0.2) is 0 Å². The summed E-state index contributed by atoms with van der Waals surface area (Å²) in [5, 5.41) is 13.1. The smallest absolute Gasteiger partial charge is 0.120 e. The predicted octanol–water partition coefficient (Wildman–Crippen LogP) is 2.46. The van der Waals surface area contributed by atoms with E-state index in [2.05, 4.69) is 11.2 Å². The van der Waals surface area contributed by atoms with Gasteiger partial charge < -0.3 is 9.84 Å². The van der Waals surface area contributed by atoms with Crippen molar-refractivity contribution in [3.8, 4) is 23.8 Å². The molecule has 92 valence electrons. The Kier molecular flexibility index (Phi) is 4.03. The number of rotatable bonds is 4. The van der Waals surface area contributed by atoms with Crippen LogP contribution in [0.15, 0.2) is 18.2 Å². The van der Waals surface area contributed by atoms with Crippen LogP contribution in [0.1, 0.15) is 32.4 Å². The summed E-state index contributed by atoms with van der Waals surface area (Å²) in [6, 6.07) is 5.09. The van der Waals surface area contributed by atoms with Gasteiger partial charge in [0, 0.05) is 11.6 Å². The van der Waals surface area contributed by atoms with Crippen LogP contribution in [0.25, 0.3) is 0 Å². The van der Waals surface area contributed by atoms with Gasteiger partial charge in [-0.05, 0) is 39.0 Å². The van der Waals surface area contributed by atoms with E-state index in [0.29, 0.717) is 5.75 Å². The largest absolute Gasteiger partial charge is 0.508 e. The molecule has 0 bridgehead atoms. The molecule has 1 aromatic rings. The molecule has 2 N–H and O–H groups in total. The lowest BCUT2D eigenvalue weighted by molar-refractivity contribution is 0.395. The maximum atomic E-state index is 9.82. The van der Waals surface area contributed by atoms with Gasteiger partial charge in [-0.15, -0.1) is 6.42 Å². The Morgan fingerprint density at radius 1 is 1.47 bits per heavy atom. The number of nitrogens with one attached hydrogen (secondary N) is 1. The van der Waals surface area contributed by atoms with Gasteiger partial charge in [-0.25, -0.2) is 0 Å². The summed E-state index contributed by atoms with van der Waals surface area (Å²) in [4.78, 5) is 0. The van der Waals surface area contributed by atoms with Crippen LogP contribution in [0.5, 0.6) is 11.5 Å². The summed E-state index contributed by atoms with van der Waals surface area (Å²) in [5.41, 5.74) is 0.349. The van der Waals surface area contributed by atoms with Crippen LogP contribution in [-0.2, 0) is 0 Å². The average Bonchev–Trinajstić information content (AvgIpc) is 2.29. The molecule has 0 aliphatic heterocycles. The van der Waals surface area contributed by atoms with Gasteiger partial charge in [0.05, 0.1) is 12.6 Å². The lowest BCUT2D eigenvalue weighted by atomic mass is 10.0. The highest BCUT2D eigenvalue weighted by Crippen LogP contribution is 2.29. The van der Waals surface area contributed by atoms with Crippen molar-refractivity contribution >= 4 is 0 Å². The number of methoxy groups -OCH3 is 1. The Morgan fingerprint density at radius 3 is 2.65 bits per heavy atom. The minimum atomic E-state index is -0.422. The second-order valence-corrected chi connectivity index (χ2v) is 4.56. The Bertz CT molecular complexity index is 432. The van der Waals surface area contributed by atoms with Crippen molar-refractivity contribution in [2.24, 2.45) is 0 Å². The Morgan fingerprint density at radius 2 is 2.12 bits per heavy atom. The maximum absolute atomic E-state index is 9.82. The van der Waals surface area contributed by atoms with Crippen molar-refractivity contribution in [2.45, 2.75) is 32.4 Å². The van der Waals surface area contributed by atoms with Crippen LogP contribution in [0.3, 0.4) is 0 Å². The van der Waals surface area contributed by atoms with Crippen LogP contribution in [0, 0.1) is 12.3 Å². The Labute approximate surface area is 103 Å². The molecule has 1 atom stereocenters. The van der Waals surface area contributed by atoms with Gasteiger partial charge in [0.25, 0.3) is 0 Å². The summed E-state index contributed by atoms with van der Waals surface area (Å²) >= 11 is 0. The molecule has 1 unspecified atom stereocenters. The first-order valence-corrected chi connectivity index (χ1v) is 5.52. The third kappa shape index (κ3) is 3.40. The first-order valence-electron chi connectivity index (χ1n) is 5.52. The second-order valence-electron chi connectivity index (χ2n) is 4.56. The summed E-state index contributed by atoms with van der Waals surface area (Å²) in [5.74, 6) is 3.61. The first-order chi connectivity index (χ1) is 7.89. The number of hydrogen-bond acceptors (Lipinski definition) is 3. The number of phenolic OH excluding ortho intramolecular Hbond substituents is 1. The van der Waals surface area contributed by atoms with E-state index in [1.165, 1.54) is 0 Å². The topological polar surface area (TPSA) is 41.5 Å². The van der Waals surface area contributed by atoms with E-state index in [1.54, 1.807) is 25.3 Å². The zero-order chi connectivity index (χ0) is 13.1. The molecule has 0 radical (unpaired) electrons. The van der Waals surface area contributed by atoms with Crippen molar-refractivity contribution in [2.75, 3.05) is 7.11 Å². The fourth-order valence-electron chi connectivity index (χ4n) is 1.67. The highest BCUT2D eigenvalue weighted by molar-refractivity contribution is 5.41. The number of ether oxygens (including phenoxy) is 1. The van der Waals surface area contributed by atoms with Crippen molar-refractivity contribution in [3.05, 3.63) is 23.8 Å². The molecule has 1 rings (SSSR count). The van der Waals surface area contributed by atoms with Gasteiger partial charge in [0.2, 0.25) is 0 Å². The average molecular weight is 233 g/mol. The summed E-state index contributed by atoms with van der Waals surface area (Å²) in [6.45, 7) is 5.79. The third-order valence-electron chi connectivity index (χ3n) is 2.64. The molecule has 17 heavy (non-hydrogen) atoms. The van der Waals surface area contributed by atoms with E-state index < -0.39 is 5.54 Å². The number of hydrogen-bond donors (Lipinski definition) is 2. The molecule has 0 fully saturated rings. The van der Waals surface area contributed by atoms with E-state index >= 15 is 0 Å².